The van der Waals surface area contributed by atoms with Gasteiger partial charge in [-0.15, -0.1) is 13.2 Å². The number of likely N-dealkylation sites (tertiary alicyclic amines) is 1. The van der Waals surface area contributed by atoms with E-state index in [1.54, 1.807) is 26.9 Å². The summed E-state index contributed by atoms with van der Waals surface area (Å²) in [6.45, 7) is 16.9. The molecule has 3 aliphatic rings. The summed E-state index contributed by atoms with van der Waals surface area (Å²) in [5.74, 6) is -2.16. The third-order valence-corrected chi connectivity index (χ3v) is 9.73. The molecule has 1 aromatic rings. The van der Waals surface area contributed by atoms with Gasteiger partial charge in [-0.25, -0.2) is 0 Å². The standard InChI is InChI=1S/C32H45BrN4O5/c1-6-16-35(17-7-2)29(39)25-26-30(40)37(19-11-20-38)28(32(26)21-24(33)27(25)42-32)31(41)36(18-8-3)23-14-12-22(13-15-23)34(9-4)10-5/h6,8,12-15,24-28,38H,1,3,7,9-11,16-21H2,2,4-5H3/t24?,25-,26+,27-,28?,32?/m1/s1. The highest BCUT2D eigenvalue weighted by atomic mass is 79.9. The largest absolute Gasteiger partial charge is 0.396 e. The van der Waals surface area contributed by atoms with Crippen LogP contribution in [0.25, 0.3) is 0 Å². The molecule has 1 aromatic carbocycles. The number of carbonyl (C=O) groups excluding carboxylic acids is 3. The predicted octanol–water partition coefficient (Wildman–Crippen LogP) is 3.61. The summed E-state index contributed by atoms with van der Waals surface area (Å²) in [7, 11) is 0. The van der Waals surface area contributed by atoms with Gasteiger partial charge in [0.2, 0.25) is 11.8 Å². The van der Waals surface area contributed by atoms with Crippen molar-refractivity contribution in [3.05, 3.63) is 49.6 Å². The Labute approximate surface area is 258 Å². The van der Waals surface area contributed by atoms with Gasteiger partial charge in [-0.3, -0.25) is 14.4 Å². The van der Waals surface area contributed by atoms with Crippen molar-refractivity contribution in [3.63, 3.8) is 0 Å². The van der Waals surface area contributed by atoms with Crippen LogP contribution in [0.15, 0.2) is 49.6 Å². The fourth-order valence-electron chi connectivity index (χ4n) is 7.13. The van der Waals surface area contributed by atoms with Crippen molar-refractivity contribution >= 4 is 45.0 Å². The molecule has 3 fully saturated rings. The molecular formula is C32H45BrN4O5. The smallest absolute Gasteiger partial charge is 0.253 e. The monoisotopic (exact) mass is 644 g/mol. The highest BCUT2D eigenvalue weighted by Crippen LogP contribution is 2.60. The minimum absolute atomic E-state index is 0.123. The van der Waals surface area contributed by atoms with E-state index in [0.29, 0.717) is 31.6 Å². The maximum absolute atomic E-state index is 14.6. The Hall–Kier alpha value is -2.69. The van der Waals surface area contributed by atoms with Crippen molar-refractivity contribution in [2.24, 2.45) is 11.8 Å². The Morgan fingerprint density at radius 3 is 2.31 bits per heavy atom. The number of fused-ring (bicyclic) bond motifs is 1. The van der Waals surface area contributed by atoms with E-state index >= 15 is 0 Å². The van der Waals surface area contributed by atoms with Gasteiger partial charge in [0.05, 0.1) is 17.9 Å². The zero-order chi connectivity index (χ0) is 30.6. The maximum atomic E-state index is 14.6. The number of alkyl halides is 1. The second-order valence-corrected chi connectivity index (χ2v) is 12.4. The van der Waals surface area contributed by atoms with Gasteiger partial charge in [-0.1, -0.05) is 35.0 Å². The lowest BCUT2D eigenvalue weighted by Crippen LogP contribution is -2.57. The number of ether oxygens (including phenoxy) is 1. The van der Waals surface area contributed by atoms with Gasteiger partial charge >= 0.3 is 0 Å². The number of nitrogens with zero attached hydrogens (tertiary/aromatic N) is 4. The lowest BCUT2D eigenvalue weighted by molar-refractivity contribution is -0.145. The normalized spacial score (nSPS) is 27.6. The average molecular weight is 646 g/mol. The Bertz CT molecular complexity index is 1160. The van der Waals surface area contributed by atoms with Gasteiger partial charge in [0, 0.05) is 62.1 Å². The first-order valence-corrected chi connectivity index (χ1v) is 16.1. The Morgan fingerprint density at radius 2 is 1.74 bits per heavy atom. The number of halogens is 1. The maximum Gasteiger partial charge on any atom is 0.253 e. The van der Waals surface area contributed by atoms with Crippen molar-refractivity contribution in [3.8, 4) is 0 Å². The second kappa shape index (κ2) is 13.7. The first kappa shape index (κ1) is 32.2. The molecule has 3 saturated heterocycles. The zero-order valence-electron chi connectivity index (χ0n) is 25.1. The van der Waals surface area contributed by atoms with Gasteiger partial charge in [0.1, 0.15) is 11.6 Å². The van der Waals surface area contributed by atoms with Crippen LogP contribution in [0, 0.1) is 11.8 Å². The van der Waals surface area contributed by atoms with E-state index in [-0.39, 0.29) is 42.2 Å². The van der Waals surface area contributed by atoms with E-state index in [2.05, 4.69) is 47.8 Å². The highest BCUT2D eigenvalue weighted by molar-refractivity contribution is 9.09. The van der Waals surface area contributed by atoms with Crippen LogP contribution in [0.5, 0.6) is 0 Å². The molecule has 0 aromatic heterocycles. The molecule has 1 spiro atoms. The second-order valence-electron chi connectivity index (χ2n) is 11.3. The Kier molecular flexibility index (Phi) is 10.5. The van der Waals surface area contributed by atoms with Crippen LogP contribution >= 0.6 is 15.9 Å². The zero-order valence-corrected chi connectivity index (χ0v) is 26.7. The lowest BCUT2D eigenvalue weighted by Gasteiger charge is -2.37. The first-order chi connectivity index (χ1) is 20.2. The van der Waals surface area contributed by atoms with Crippen LogP contribution in [0.3, 0.4) is 0 Å². The molecule has 0 radical (unpaired) electrons. The van der Waals surface area contributed by atoms with Crippen LogP contribution in [0.2, 0.25) is 0 Å². The molecule has 3 amide bonds. The quantitative estimate of drug-likeness (QED) is 0.232. The molecule has 2 bridgehead atoms. The number of aliphatic hydroxyl groups is 1. The van der Waals surface area contributed by atoms with Crippen LogP contribution < -0.4 is 9.80 Å². The summed E-state index contributed by atoms with van der Waals surface area (Å²) in [5.41, 5.74) is 0.599. The number of rotatable bonds is 15. The van der Waals surface area contributed by atoms with Crippen LogP contribution in [-0.4, -0.2) is 101 Å². The lowest BCUT2D eigenvalue weighted by atomic mass is 9.70. The summed E-state index contributed by atoms with van der Waals surface area (Å²) < 4.78 is 6.67. The first-order valence-electron chi connectivity index (χ1n) is 15.1. The molecule has 4 rings (SSSR count). The van der Waals surface area contributed by atoms with Crippen LogP contribution in [0.4, 0.5) is 11.4 Å². The van der Waals surface area contributed by atoms with Crippen LogP contribution in [0.1, 0.15) is 40.0 Å². The molecule has 230 valence electrons. The summed E-state index contributed by atoms with van der Waals surface area (Å²) in [5, 5.41) is 9.67. The topological polar surface area (TPSA) is 93.6 Å². The van der Waals surface area contributed by atoms with Gasteiger partial charge in [0.25, 0.3) is 5.91 Å². The van der Waals surface area contributed by atoms with Crippen molar-refractivity contribution in [2.75, 3.05) is 55.7 Å². The number of benzene rings is 1. The predicted molar refractivity (Wildman–Crippen MR) is 169 cm³/mol. The van der Waals surface area contributed by atoms with E-state index < -0.39 is 29.6 Å². The van der Waals surface area contributed by atoms with Gasteiger partial charge in [0.15, 0.2) is 0 Å². The molecule has 42 heavy (non-hydrogen) atoms. The van der Waals surface area contributed by atoms with E-state index in [0.717, 1.165) is 25.2 Å². The number of hydrogen-bond acceptors (Lipinski definition) is 6. The number of aliphatic hydroxyl groups excluding tert-OH is 1. The van der Waals surface area contributed by atoms with E-state index in [1.807, 2.05) is 31.2 Å². The number of amides is 3. The number of carbonyl (C=O) groups is 3. The molecular weight excluding hydrogens is 600 g/mol. The third kappa shape index (κ3) is 5.53. The molecule has 3 heterocycles. The fourth-order valence-corrected chi connectivity index (χ4v) is 8.07. The fraction of sp³-hybridized carbons (Fsp3) is 0.594. The summed E-state index contributed by atoms with van der Waals surface area (Å²) in [4.78, 5) is 49.8. The average Bonchev–Trinajstić information content (AvgIpc) is 3.58. The van der Waals surface area contributed by atoms with Crippen LogP contribution in [-0.2, 0) is 19.1 Å². The molecule has 6 atom stereocenters. The third-order valence-electron chi connectivity index (χ3n) is 8.89. The molecule has 3 aliphatic heterocycles. The summed E-state index contributed by atoms with van der Waals surface area (Å²) in [6, 6.07) is 6.90. The summed E-state index contributed by atoms with van der Waals surface area (Å²) in [6.07, 6.45) is 4.36. The number of anilines is 2. The number of hydrogen-bond donors (Lipinski definition) is 1. The van der Waals surface area contributed by atoms with E-state index in [4.69, 9.17) is 4.74 Å². The summed E-state index contributed by atoms with van der Waals surface area (Å²) >= 11 is 3.75. The molecule has 10 heteroatoms. The van der Waals surface area contributed by atoms with Crippen molar-refractivity contribution in [2.45, 2.75) is 62.6 Å². The van der Waals surface area contributed by atoms with Gasteiger partial charge in [-0.2, -0.15) is 0 Å². The van der Waals surface area contributed by atoms with Crippen molar-refractivity contribution in [1.29, 1.82) is 0 Å². The van der Waals surface area contributed by atoms with Gasteiger partial charge in [-0.05, 0) is 57.4 Å². The molecule has 9 nitrogen and oxygen atoms in total. The van der Waals surface area contributed by atoms with E-state index in [1.165, 1.54) is 0 Å². The molecule has 3 unspecified atom stereocenters. The molecule has 0 aliphatic carbocycles. The van der Waals surface area contributed by atoms with Crippen molar-refractivity contribution < 1.29 is 24.2 Å². The SMILES string of the molecule is C=CCN(CCC)C(=O)[C@H]1[C@@H]2OC3(CC2Br)C(C(=O)N(CC=C)c2ccc(N(CC)CC)cc2)N(CCCO)C(=O)[C@H]13. The minimum Gasteiger partial charge on any atom is -0.396 e. The Balaban J connectivity index is 1.75. The van der Waals surface area contributed by atoms with E-state index in [9.17, 15) is 19.5 Å². The molecule has 0 saturated carbocycles. The Morgan fingerprint density at radius 1 is 1.10 bits per heavy atom. The highest BCUT2D eigenvalue weighted by Gasteiger charge is 2.76. The van der Waals surface area contributed by atoms with Crippen molar-refractivity contribution in [1.82, 2.24) is 9.80 Å². The minimum atomic E-state index is -1.16. The van der Waals surface area contributed by atoms with Gasteiger partial charge < -0.3 is 29.4 Å². The molecule has 1 N–H and O–H groups in total.